The molecule has 1 rings (SSSR count). The van der Waals surface area contributed by atoms with Gasteiger partial charge in [0, 0.05) is 38.0 Å². The highest BCUT2D eigenvalue weighted by Gasteiger charge is 2.14. The second kappa shape index (κ2) is 7.54. The van der Waals surface area contributed by atoms with Crippen molar-refractivity contribution in [2.24, 2.45) is 13.0 Å². The number of nitrogens with one attached hydrogen (secondary N) is 1. The SMILES string of the molecule is CCOCC(NCc1cn(C)nc1CC)C(C)C. The molecule has 1 unspecified atom stereocenters. The van der Waals surface area contributed by atoms with Gasteiger partial charge in [0.15, 0.2) is 0 Å². The van der Waals surface area contributed by atoms with Crippen molar-refractivity contribution >= 4 is 0 Å². The fourth-order valence-corrected chi connectivity index (χ4v) is 2.00. The van der Waals surface area contributed by atoms with Gasteiger partial charge in [-0.1, -0.05) is 20.8 Å². The van der Waals surface area contributed by atoms with Crippen LogP contribution in [0.15, 0.2) is 6.20 Å². The van der Waals surface area contributed by atoms with Crippen LogP contribution in [0, 0.1) is 5.92 Å². The molecule has 0 aromatic carbocycles. The molecule has 1 aromatic heterocycles. The maximum atomic E-state index is 5.52. The smallest absolute Gasteiger partial charge is 0.0666 e. The molecular weight excluding hydrogens is 226 g/mol. The zero-order valence-corrected chi connectivity index (χ0v) is 12.4. The lowest BCUT2D eigenvalue weighted by molar-refractivity contribution is 0.108. The minimum absolute atomic E-state index is 0.398. The number of aromatic nitrogens is 2. The maximum absolute atomic E-state index is 5.52. The number of hydrogen-bond donors (Lipinski definition) is 1. The predicted molar refractivity (Wildman–Crippen MR) is 74.5 cm³/mol. The average Bonchev–Trinajstić information content (AvgIpc) is 2.69. The first-order chi connectivity index (χ1) is 8.58. The Hall–Kier alpha value is -0.870. The van der Waals surface area contributed by atoms with E-state index in [4.69, 9.17) is 4.74 Å². The van der Waals surface area contributed by atoms with E-state index in [1.54, 1.807) is 0 Å². The highest BCUT2D eigenvalue weighted by Crippen LogP contribution is 2.09. The van der Waals surface area contributed by atoms with Gasteiger partial charge in [-0.2, -0.15) is 5.10 Å². The van der Waals surface area contributed by atoms with E-state index in [0.717, 1.165) is 26.2 Å². The lowest BCUT2D eigenvalue weighted by atomic mass is 10.0. The third-order valence-corrected chi connectivity index (χ3v) is 3.19. The van der Waals surface area contributed by atoms with E-state index in [1.807, 2.05) is 18.7 Å². The lowest BCUT2D eigenvalue weighted by Crippen LogP contribution is -2.37. The van der Waals surface area contributed by atoms with Crippen molar-refractivity contribution in [1.29, 1.82) is 0 Å². The third kappa shape index (κ3) is 4.42. The van der Waals surface area contributed by atoms with Crippen LogP contribution in [-0.2, 0) is 24.8 Å². The van der Waals surface area contributed by atoms with Gasteiger partial charge >= 0.3 is 0 Å². The van der Waals surface area contributed by atoms with E-state index in [2.05, 4.69) is 37.4 Å². The zero-order chi connectivity index (χ0) is 13.5. The first-order valence-electron chi connectivity index (χ1n) is 6.90. The van der Waals surface area contributed by atoms with Crippen molar-refractivity contribution in [2.75, 3.05) is 13.2 Å². The summed E-state index contributed by atoms with van der Waals surface area (Å²) in [6, 6.07) is 0.398. The molecule has 0 radical (unpaired) electrons. The molecule has 0 saturated heterocycles. The third-order valence-electron chi connectivity index (χ3n) is 3.19. The quantitative estimate of drug-likeness (QED) is 0.771. The molecule has 4 heteroatoms. The van der Waals surface area contributed by atoms with Gasteiger partial charge in [0.05, 0.1) is 12.3 Å². The molecule has 0 fully saturated rings. The summed E-state index contributed by atoms with van der Waals surface area (Å²) < 4.78 is 7.42. The van der Waals surface area contributed by atoms with E-state index in [9.17, 15) is 0 Å². The van der Waals surface area contributed by atoms with Crippen LogP contribution in [0.4, 0.5) is 0 Å². The Labute approximate surface area is 111 Å². The van der Waals surface area contributed by atoms with Crippen LogP contribution in [-0.4, -0.2) is 29.0 Å². The molecule has 1 heterocycles. The zero-order valence-electron chi connectivity index (χ0n) is 12.4. The highest BCUT2D eigenvalue weighted by atomic mass is 16.5. The van der Waals surface area contributed by atoms with Crippen LogP contribution in [0.25, 0.3) is 0 Å². The van der Waals surface area contributed by atoms with E-state index >= 15 is 0 Å². The Morgan fingerprint density at radius 1 is 1.39 bits per heavy atom. The number of hydrogen-bond acceptors (Lipinski definition) is 3. The van der Waals surface area contributed by atoms with Crippen LogP contribution in [0.2, 0.25) is 0 Å². The van der Waals surface area contributed by atoms with Gasteiger partial charge in [-0.3, -0.25) is 4.68 Å². The summed E-state index contributed by atoms with van der Waals surface area (Å²) in [7, 11) is 1.97. The van der Waals surface area contributed by atoms with Gasteiger partial charge in [0.25, 0.3) is 0 Å². The van der Waals surface area contributed by atoms with Gasteiger partial charge in [-0.15, -0.1) is 0 Å². The monoisotopic (exact) mass is 253 g/mol. The lowest BCUT2D eigenvalue weighted by Gasteiger charge is -2.22. The Morgan fingerprint density at radius 3 is 2.67 bits per heavy atom. The molecule has 0 spiro atoms. The Kier molecular flexibility index (Phi) is 6.36. The Morgan fingerprint density at radius 2 is 2.11 bits per heavy atom. The van der Waals surface area contributed by atoms with Crippen molar-refractivity contribution < 1.29 is 4.74 Å². The molecule has 0 bridgehead atoms. The fourth-order valence-electron chi connectivity index (χ4n) is 2.00. The van der Waals surface area contributed by atoms with Gasteiger partial charge < -0.3 is 10.1 Å². The average molecular weight is 253 g/mol. The highest BCUT2D eigenvalue weighted by molar-refractivity contribution is 5.16. The number of nitrogens with zero attached hydrogens (tertiary/aromatic N) is 2. The minimum atomic E-state index is 0.398. The molecule has 1 N–H and O–H groups in total. The molecule has 0 saturated carbocycles. The summed E-state index contributed by atoms with van der Waals surface area (Å²) in [4.78, 5) is 0. The summed E-state index contributed by atoms with van der Waals surface area (Å²) in [5.41, 5.74) is 2.48. The standard InChI is InChI=1S/C14H27N3O/c1-6-13-12(9-17(5)16-13)8-15-14(11(3)4)10-18-7-2/h9,11,14-15H,6-8,10H2,1-5H3. The van der Waals surface area contributed by atoms with Crippen LogP contribution in [0.1, 0.15) is 39.0 Å². The van der Waals surface area contributed by atoms with Gasteiger partial charge in [-0.05, 0) is 19.3 Å². The molecule has 104 valence electrons. The topological polar surface area (TPSA) is 39.1 Å². The molecule has 0 aliphatic heterocycles. The maximum Gasteiger partial charge on any atom is 0.0666 e. The van der Waals surface area contributed by atoms with Crippen LogP contribution in [0.3, 0.4) is 0 Å². The molecule has 18 heavy (non-hydrogen) atoms. The number of rotatable bonds is 8. The molecule has 4 nitrogen and oxygen atoms in total. The van der Waals surface area contributed by atoms with E-state index < -0.39 is 0 Å². The van der Waals surface area contributed by atoms with Crippen LogP contribution >= 0.6 is 0 Å². The van der Waals surface area contributed by atoms with Gasteiger partial charge in [0.1, 0.15) is 0 Å². The molecule has 1 atom stereocenters. The van der Waals surface area contributed by atoms with Crippen molar-refractivity contribution in [3.63, 3.8) is 0 Å². The molecule has 0 amide bonds. The van der Waals surface area contributed by atoms with Gasteiger partial charge in [0.2, 0.25) is 0 Å². The van der Waals surface area contributed by atoms with Crippen molar-refractivity contribution in [1.82, 2.24) is 15.1 Å². The van der Waals surface area contributed by atoms with E-state index in [0.29, 0.717) is 12.0 Å². The van der Waals surface area contributed by atoms with Gasteiger partial charge in [-0.25, -0.2) is 0 Å². The summed E-state index contributed by atoms with van der Waals surface area (Å²) in [5, 5.41) is 8.04. The minimum Gasteiger partial charge on any atom is -0.380 e. The summed E-state index contributed by atoms with van der Waals surface area (Å²) in [6.45, 7) is 11.0. The Bertz CT molecular complexity index is 347. The van der Waals surface area contributed by atoms with E-state index in [1.165, 1.54) is 11.3 Å². The number of aryl methyl sites for hydroxylation is 2. The summed E-state index contributed by atoms with van der Waals surface area (Å²) in [5.74, 6) is 0.568. The first-order valence-corrected chi connectivity index (χ1v) is 6.90. The van der Waals surface area contributed by atoms with Crippen LogP contribution in [0.5, 0.6) is 0 Å². The second-order valence-electron chi connectivity index (χ2n) is 5.02. The second-order valence-corrected chi connectivity index (χ2v) is 5.02. The number of ether oxygens (including phenoxy) is 1. The Balaban J connectivity index is 2.55. The summed E-state index contributed by atoms with van der Waals surface area (Å²) in [6.07, 6.45) is 3.08. The molecule has 1 aromatic rings. The van der Waals surface area contributed by atoms with E-state index in [-0.39, 0.29) is 0 Å². The molecule has 0 aliphatic rings. The van der Waals surface area contributed by atoms with Crippen molar-refractivity contribution in [3.05, 3.63) is 17.5 Å². The fraction of sp³-hybridized carbons (Fsp3) is 0.786. The largest absolute Gasteiger partial charge is 0.380 e. The van der Waals surface area contributed by atoms with Crippen LogP contribution < -0.4 is 5.32 Å². The summed E-state index contributed by atoms with van der Waals surface area (Å²) >= 11 is 0. The normalized spacial score (nSPS) is 13.2. The first kappa shape index (κ1) is 15.2. The predicted octanol–water partition coefficient (Wildman–Crippen LogP) is 2.13. The molecule has 0 aliphatic carbocycles. The van der Waals surface area contributed by atoms with Crippen molar-refractivity contribution in [3.8, 4) is 0 Å². The van der Waals surface area contributed by atoms with Crippen molar-refractivity contribution in [2.45, 2.75) is 46.7 Å². The molecular formula is C14H27N3O.